The fourth-order valence-corrected chi connectivity index (χ4v) is 3.28. The van der Waals surface area contributed by atoms with Crippen LogP contribution in [0, 0.1) is 0 Å². The fraction of sp³-hybridized carbons (Fsp3) is 0.500. The number of hydrogen-bond acceptors (Lipinski definition) is 4. The van der Waals surface area contributed by atoms with E-state index in [0.717, 1.165) is 30.7 Å². The van der Waals surface area contributed by atoms with Crippen molar-refractivity contribution in [3.63, 3.8) is 0 Å². The van der Waals surface area contributed by atoms with E-state index in [1.165, 1.54) is 6.42 Å². The van der Waals surface area contributed by atoms with Gasteiger partial charge in [0.2, 0.25) is 5.91 Å². The summed E-state index contributed by atoms with van der Waals surface area (Å²) >= 11 is 0. The van der Waals surface area contributed by atoms with E-state index in [1.54, 1.807) is 19.0 Å². The van der Waals surface area contributed by atoms with E-state index in [9.17, 15) is 4.79 Å². The Morgan fingerprint density at radius 2 is 2.07 bits per heavy atom. The normalized spacial score (nSPS) is 16.9. The SMILES string of the molecule is CN(C)C(=O)CN=C(NCC1CCCCO1)N(C)Cc1cnn(-c2ccccc2)c1. The highest BCUT2D eigenvalue weighted by Gasteiger charge is 2.16. The third-order valence-corrected chi connectivity index (χ3v) is 5.06. The molecule has 0 saturated carbocycles. The molecule has 30 heavy (non-hydrogen) atoms. The second-order valence-electron chi connectivity index (χ2n) is 7.78. The van der Waals surface area contributed by atoms with Gasteiger partial charge >= 0.3 is 0 Å². The molecule has 0 aliphatic carbocycles. The third kappa shape index (κ3) is 6.32. The maximum Gasteiger partial charge on any atom is 0.243 e. The molecule has 0 bridgehead atoms. The number of rotatable bonds is 7. The van der Waals surface area contributed by atoms with Crippen molar-refractivity contribution in [2.45, 2.75) is 31.9 Å². The summed E-state index contributed by atoms with van der Waals surface area (Å²) in [6.07, 6.45) is 7.41. The number of guanidine groups is 1. The number of ether oxygens (including phenoxy) is 1. The molecule has 2 heterocycles. The largest absolute Gasteiger partial charge is 0.376 e. The lowest BCUT2D eigenvalue weighted by atomic mass is 10.1. The van der Waals surface area contributed by atoms with Crippen LogP contribution in [-0.4, -0.2) is 78.4 Å². The average Bonchev–Trinajstić information content (AvgIpc) is 3.23. The molecule has 1 aromatic carbocycles. The molecule has 1 unspecified atom stereocenters. The van der Waals surface area contributed by atoms with Crippen molar-refractivity contribution in [3.8, 4) is 5.69 Å². The Morgan fingerprint density at radius 1 is 1.27 bits per heavy atom. The zero-order valence-electron chi connectivity index (χ0n) is 18.1. The minimum atomic E-state index is -0.0338. The van der Waals surface area contributed by atoms with Gasteiger partial charge in [-0.1, -0.05) is 18.2 Å². The molecule has 1 fully saturated rings. The van der Waals surface area contributed by atoms with Crippen molar-refractivity contribution < 1.29 is 9.53 Å². The van der Waals surface area contributed by atoms with Gasteiger partial charge in [0.25, 0.3) is 0 Å². The molecule has 2 aromatic rings. The number of para-hydroxylation sites is 1. The van der Waals surface area contributed by atoms with Crippen LogP contribution in [0.3, 0.4) is 0 Å². The first kappa shape index (κ1) is 21.8. The molecule has 0 radical (unpaired) electrons. The first-order chi connectivity index (χ1) is 14.5. The zero-order chi connectivity index (χ0) is 21.3. The molecule has 1 atom stereocenters. The van der Waals surface area contributed by atoms with Gasteiger partial charge in [-0.3, -0.25) is 4.79 Å². The topological polar surface area (TPSA) is 75.0 Å². The number of amides is 1. The van der Waals surface area contributed by atoms with Gasteiger partial charge in [-0.15, -0.1) is 0 Å². The van der Waals surface area contributed by atoms with Crippen LogP contribution in [0.5, 0.6) is 0 Å². The molecule has 1 saturated heterocycles. The lowest BCUT2D eigenvalue weighted by Gasteiger charge is -2.27. The van der Waals surface area contributed by atoms with Crippen LogP contribution in [0.25, 0.3) is 5.69 Å². The van der Waals surface area contributed by atoms with Gasteiger partial charge < -0.3 is 19.9 Å². The van der Waals surface area contributed by atoms with Crippen molar-refractivity contribution in [3.05, 3.63) is 48.3 Å². The van der Waals surface area contributed by atoms with Crippen LogP contribution in [0.1, 0.15) is 24.8 Å². The van der Waals surface area contributed by atoms with Crippen LogP contribution in [-0.2, 0) is 16.1 Å². The average molecular weight is 413 g/mol. The van der Waals surface area contributed by atoms with Crippen LogP contribution >= 0.6 is 0 Å². The van der Waals surface area contributed by atoms with E-state index in [4.69, 9.17) is 4.74 Å². The predicted octanol–water partition coefficient (Wildman–Crippen LogP) is 1.91. The maximum absolute atomic E-state index is 12.0. The molecule has 8 heteroatoms. The van der Waals surface area contributed by atoms with Gasteiger partial charge in [-0.05, 0) is 31.4 Å². The van der Waals surface area contributed by atoms with Crippen LogP contribution in [0.15, 0.2) is 47.7 Å². The summed E-state index contributed by atoms with van der Waals surface area (Å²) in [7, 11) is 5.44. The van der Waals surface area contributed by atoms with Crippen molar-refractivity contribution in [2.24, 2.45) is 4.99 Å². The van der Waals surface area contributed by atoms with Crippen LogP contribution in [0.2, 0.25) is 0 Å². The highest BCUT2D eigenvalue weighted by molar-refractivity contribution is 5.84. The standard InChI is InChI=1S/C22H32N6O2/c1-26(2)21(29)15-24-22(23-14-20-11-7-8-12-30-20)27(3)16-18-13-25-28(17-18)19-9-5-4-6-10-19/h4-6,9-10,13,17,20H,7-8,11-12,14-16H2,1-3H3,(H,23,24). The summed E-state index contributed by atoms with van der Waals surface area (Å²) in [6, 6.07) is 10.0. The van der Waals surface area contributed by atoms with Crippen molar-refractivity contribution in [1.82, 2.24) is 24.9 Å². The monoisotopic (exact) mass is 412 g/mol. The molecule has 8 nitrogen and oxygen atoms in total. The summed E-state index contributed by atoms with van der Waals surface area (Å²) in [5, 5.41) is 7.86. The maximum atomic E-state index is 12.0. The Hall–Kier alpha value is -2.87. The quantitative estimate of drug-likeness (QED) is 0.555. The van der Waals surface area contributed by atoms with Gasteiger partial charge in [-0.25, -0.2) is 9.67 Å². The molecular formula is C22H32N6O2. The summed E-state index contributed by atoms with van der Waals surface area (Å²) in [5.41, 5.74) is 2.08. The van der Waals surface area contributed by atoms with Crippen LogP contribution in [0.4, 0.5) is 0 Å². The number of aliphatic imine (C=N–C) groups is 1. The van der Waals surface area contributed by atoms with Gasteiger partial charge in [0.05, 0.1) is 18.0 Å². The Balaban J connectivity index is 1.65. The molecule has 1 aliphatic heterocycles. The lowest BCUT2D eigenvalue weighted by molar-refractivity contribution is -0.127. The van der Waals surface area contributed by atoms with E-state index in [-0.39, 0.29) is 18.6 Å². The first-order valence-electron chi connectivity index (χ1n) is 10.4. The number of benzene rings is 1. The molecule has 1 aliphatic rings. The Kier molecular flexibility index (Phi) is 7.84. The van der Waals surface area contributed by atoms with E-state index in [1.807, 2.05) is 59.4 Å². The number of nitrogens with one attached hydrogen (secondary N) is 1. The molecular weight excluding hydrogens is 380 g/mol. The molecule has 1 amide bonds. The minimum absolute atomic E-state index is 0.0338. The van der Waals surface area contributed by atoms with Crippen molar-refractivity contribution >= 4 is 11.9 Å². The second kappa shape index (κ2) is 10.8. The van der Waals surface area contributed by atoms with E-state index in [0.29, 0.717) is 19.0 Å². The molecule has 1 aromatic heterocycles. The lowest BCUT2D eigenvalue weighted by Crippen LogP contribution is -2.43. The highest BCUT2D eigenvalue weighted by atomic mass is 16.5. The van der Waals surface area contributed by atoms with Gasteiger partial charge in [0, 0.05) is 52.6 Å². The number of aromatic nitrogens is 2. The Bertz CT molecular complexity index is 827. The molecule has 162 valence electrons. The minimum Gasteiger partial charge on any atom is -0.376 e. The van der Waals surface area contributed by atoms with Crippen molar-refractivity contribution in [1.29, 1.82) is 0 Å². The molecule has 0 spiro atoms. The van der Waals surface area contributed by atoms with Gasteiger partial charge in [0.1, 0.15) is 6.54 Å². The van der Waals surface area contributed by atoms with E-state index >= 15 is 0 Å². The predicted molar refractivity (Wildman–Crippen MR) is 118 cm³/mol. The number of carbonyl (C=O) groups excluding carboxylic acids is 1. The molecule has 1 N–H and O–H groups in total. The van der Waals surface area contributed by atoms with Crippen LogP contribution < -0.4 is 5.32 Å². The highest BCUT2D eigenvalue weighted by Crippen LogP contribution is 2.12. The van der Waals surface area contributed by atoms with Crippen molar-refractivity contribution in [2.75, 3.05) is 40.8 Å². The zero-order valence-corrected chi connectivity index (χ0v) is 18.1. The summed E-state index contributed by atoms with van der Waals surface area (Å²) in [4.78, 5) is 20.1. The fourth-order valence-electron chi connectivity index (χ4n) is 3.28. The first-order valence-corrected chi connectivity index (χ1v) is 10.4. The number of carbonyl (C=O) groups is 1. The smallest absolute Gasteiger partial charge is 0.243 e. The second-order valence-corrected chi connectivity index (χ2v) is 7.78. The number of nitrogens with zero attached hydrogens (tertiary/aromatic N) is 5. The number of likely N-dealkylation sites (N-methyl/N-ethyl adjacent to an activating group) is 1. The van der Waals surface area contributed by atoms with E-state index < -0.39 is 0 Å². The Morgan fingerprint density at radius 3 is 2.77 bits per heavy atom. The van der Waals surface area contributed by atoms with E-state index in [2.05, 4.69) is 15.4 Å². The summed E-state index contributed by atoms with van der Waals surface area (Å²) < 4.78 is 7.68. The molecule has 3 rings (SSSR count). The Labute approximate surface area is 178 Å². The number of hydrogen-bond donors (Lipinski definition) is 1. The summed E-state index contributed by atoms with van der Waals surface area (Å²) in [5.74, 6) is 0.653. The van der Waals surface area contributed by atoms with Gasteiger partial charge in [-0.2, -0.15) is 5.10 Å². The summed E-state index contributed by atoms with van der Waals surface area (Å²) in [6.45, 7) is 2.23. The van der Waals surface area contributed by atoms with Gasteiger partial charge in [0.15, 0.2) is 5.96 Å². The third-order valence-electron chi connectivity index (χ3n) is 5.06.